The summed E-state index contributed by atoms with van der Waals surface area (Å²) in [6.07, 6.45) is 0.931. The van der Waals surface area contributed by atoms with Crippen molar-refractivity contribution >= 4 is 68.4 Å². The van der Waals surface area contributed by atoms with Crippen molar-refractivity contribution < 1.29 is 8.42 Å². The first-order valence-corrected chi connectivity index (χ1v) is 8.36. The highest BCUT2D eigenvalue weighted by molar-refractivity contribution is 8.10. The first kappa shape index (κ1) is 17.9. The number of nitriles is 1. The second-order valence-electron chi connectivity index (χ2n) is 3.61. The van der Waals surface area contributed by atoms with Crippen LogP contribution in [0.25, 0.3) is 0 Å². The van der Waals surface area contributed by atoms with Gasteiger partial charge in [0.05, 0.1) is 12.3 Å². The summed E-state index contributed by atoms with van der Waals surface area (Å²) >= 11 is 23.1. The van der Waals surface area contributed by atoms with Crippen LogP contribution in [0.15, 0.2) is 0 Å². The number of hydrogen-bond donors (Lipinski definition) is 0. The van der Waals surface area contributed by atoms with E-state index in [2.05, 4.69) is 0 Å². The molecule has 0 spiro atoms. The van der Waals surface area contributed by atoms with E-state index in [9.17, 15) is 8.42 Å². The lowest BCUT2D eigenvalue weighted by atomic mass is 10.1. The maximum Gasteiger partial charge on any atom is 0.221 e. The molecule has 0 radical (unpaired) electrons. The molecule has 4 nitrogen and oxygen atoms in total. The molecule has 0 bridgehead atoms. The van der Waals surface area contributed by atoms with Crippen molar-refractivity contribution in [1.82, 2.24) is 3.71 Å². The average Bonchev–Trinajstić information content (AvgIpc) is 2.12. The summed E-state index contributed by atoms with van der Waals surface area (Å²) < 4.78 is 22.2. The first-order chi connectivity index (χ1) is 7.34. The molecule has 0 aromatic rings. The minimum absolute atomic E-state index is 0.483. The Morgan fingerprint density at radius 3 is 2.00 bits per heavy atom. The molecule has 0 aliphatic rings. The molecule has 0 rings (SSSR count). The van der Waals surface area contributed by atoms with E-state index in [4.69, 9.17) is 51.7 Å². The molecular weight excluding hydrogens is 350 g/mol. The fourth-order valence-corrected chi connectivity index (χ4v) is 4.02. The molecule has 17 heavy (non-hydrogen) atoms. The summed E-state index contributed by atoms with van der Waals surface area (Å²) in [6, 6.07) is 1.83. The van der Waals surface area contributed by atoms with Crippen molar-refractivity contribution in [1.29, 1.82) is 5.26 Å². The Balaban J connectivity index is 5.37. The Bertz CT molecular complexity index is 416. The van der Waals surface area contributed by atoms with Crippen molar-refractivity contribution in [3.05, 3.63) is 0 Å². The van der Waals surface area contributed by atoms with Crippen molar-refractivity contribution in [2.75, 3.05) is 6.26 Å². The second-order valence-corrected chi connectivity index (χ2v) is 9.80. The van der Waals surface area contributed by atoms with E-state index in [1.807, 2.05) is 6.07 Å². The van der Waals surface area contributed by atoms with Gasteiger partial charge in [-0.05, 0) is 25.8 Å². The van der Waals surface area contributed by atoms with E-state index >= 15 is 0 Å². The molecule has 0 aliphatic heterocycles. The third-order valence-corrected chi connectivity index (χ3v) is 6.90. The van der Waals surface area contributed by atoms with Crippen LogP contribution >= 0.6 is 58.4 Å². The molecule has 0 aliphatic carbocycles. The minimum Gasteiger partial charge on any atom is -0.212 e. The number of halogens is 4. The predicted molar refractivity (Wildman–Crippen MR) is 73.9 cm³/mol. The number of nitrogens with zero attached hydrogens (tertiary/aromatic N) is 2. The lowest BCUT2D eigenvalue weighted by Gasteiger charge is -2.33. The van der Waals surface area contributed by atoms with E-state index in [1.165, 1.54) is 13.8 Å². The van der Waals surface area contributed by atoms with Crippen molar-refractivity contribution in [2.24, 2.45) is 0 Å². The highest BCUT2D eigenvalue weighted by Gasteiger charge is 2.44. The van der Waals surface area contributed by atoms with Crippen LogP contribution in [0.2, 0.25) is 0 Å². The number of rotatable bonds is 5. The maximum absolute atomic E-state index is 11.6. The summed E-state index contributed by atoms with van der Waals surface area (Å²) in [7, 11) is -3.71. The topological polar surface area (TPSA) is 61.2 Å². The molecule has 0 heterocycles. The standard InChI is InChI=1S/C7H10Cl4N2O2S2/c1-6(2,4-12)13(17(3,14)15)16-7(10,11)5(8)9/h5H,1-3H3. The van der Waals surface area contributed by atoms with Gasteiger partial charge in [-0.15, -0.1) is 26.9 Å². The molecule has 0 atom stereocenters. The predicted octanol–water partition coefficient (Wildman–Crippen LogP) is 3.13. The van der Waals surface area contributed by atoms with Gasteiger partial charge in [0.15, 0.2) is 4.84 Å². The molecule has 0 amide bonds. The normalized spacial score (nSPS) is 14.1. The quantitative estimate of drug-likeness (QED) is 0.558. The van der Waals surface area contributed by atoms with Gasteiger partial charge in [0.25, 0.3) is 0 Å². The largest absolute Gasteiger partial charge is 0.221 e. The Morgan fingerprint density at radius 2 is 1.76 bits per heavy atom. The molecule has 0 fully saturated rings. The number of hydrogen-bond acceptors (Lipinski definition) is 4. The fraction of sp³-hybridized carbons (Fsp3) is 0.857. The zero-order valence-electron chi connectivity index (χ0n) is 9.12. The van der Waals surface area contributed by atoms with E-state index in [0.717, 1.165) is 9.97 Å². The minimum atomic E-state index is -3.71. The van der Waals surface area contributed by atoms with Gasteiger partial charge in [0.1, 0.15) is 5.54 Å². The molecule has 10 heteroatoms. The Kier molecular flexibility index (Phi) is 6.23. The smallest absolute Gasteiger partial charge is 0.212 e. The van der Waals surface area contributed by atoms with Gasteiger partial charge in [0, 0.05) is 0 Å². The van der Waals surface area contributed by atoms with Crippen LogP contribution < -0.4 is 0 Å². The van der Waals surface area contributed by atoms with E-state index in [0.29, 0.717) is 11.9 Å². The lowest BCUT2D eigenvalue weighted by Crippen LogP contribution is -2.44. The van der Waals surface area contributed by atoms with Crippen molar-refractivity contribution in [2.45, 2.75) is 27.9 Å². The van der Waals surface area contributed by atoms with Crippen LogP contribution in [0, 0.1) is 11.3 Å². The summed E-state index contributed by atoms with van der Waals surface area (Å²) in [4.78, 5) is -1.23. The van der Waals surface area contributed by atoms with Gasteiger partial charge in [-0.1, -0.05) is 23.2 Å². The average molecular weight is 360 g/mol. The molecule has 0 N–H and O–H groups in total. The van der Waals surface area contributed by atoms with Crippen LogP contribution in [0.5, 0.6) is 0 Å². The number of alkyl halides is 4. The zero-order valence-corrected chi connectivity index (χ0v) is 13.8. The van der Waals surface area contributed by atoms with Gasteiger partial charge >= 0.3 is 0 Å². The van der Waals surface area contributed by atoms with Crippen LogP contribution in [-0.2, 0) is 10.0 Å². The van der Waals surface area contributed by atoms with Gasteiger partial charge < -0.3 is 0 Å². The molecule has 0 aromatic heterocycles. The summed E-state index contributed by atoms with van der Waals surface area (Å²) in [6.45, 7) is 2.81. The molecule has 100 valence electrons. The third kappa shape index (κ3) is 5.19. The third-order valence-electron chi connectivity index (χ3n) is 1.49. The van der Waals surface area contributed by atoms with Crippen molar-refractivity contribution in [3.63, 3.8) is 0 Å². The SMILES string of the molecule is CC(C)(C#N)N(SC(Cl)(Cl)C(Cl)Cl)S(C)(=O)=O. The first-order valence-electron chi connectivity index (χ1n) is 4.11. The summed E-state index contributed by atoms with van der Waals surface area (Å²) in [5.41, 5.74) is -1.34. The maximum atomic E-state index is 11.6. The fourth-order valence-electron chi connectivity index (χ4n) is 0.788. The summed E-state index contributed by atoms with van der Waals surface area (Å²) in [5.74, 6) is 0. The van der Waals surface area contributed by atoms with Gasteiger partial charge in [-0.25, -0.2) is 8.42 Å². The highest BCUT2D eigenvalue weighted by Crippen LogP contribution is 2.47. The van der Waals surface area contributed by atoms with Crippen molar-refractivity contribution in [3.8, 4) is 6.07 Å². The molecule has 0 saturated heterocycles. The number of sulfonamides is 1. The monoisotopic (exact) mass is 358 g/mol. The lowest BCUT2D eigenvalue weighted by molar-refractivity contribution is 0.433. The molecule has 0 unspecified atom stereocenters. The van der Waals surface area contributed by atoms with Gasteiger partial charge in [-0.3, -0.25) is 0 Å². The van der Waals surface area contributed by atoms with Gasteiger partial charge in [-0.2, -0.15) is 5.26 Å². The zero-order chi connectivity index (χ0) is 14.1. The molecular formula is C7H10Cl4N2O2S2. The van der Waals surface area contributed by atoms with E-state index < -0.39 is 24.1 Å². The van der Waals surface area contributed by atoms with Crippen LogP contribution in [0.4, 0.5) is 0 Å². The van der Waals surface area contributed by atoms with Crippen LogP contribution in [0.1, 0.15) is 13.8 Å². The van der Waals surface area contributed by atoms with Gasteiger partial charge in [0.2, 0.25) is 13.7 Å². The van der Waals surface area contributed by atoms with Crippen LogP contribution in [-0.4, -0.2) is 32.4 Å². The highest BCUT2D eigenvalue weighted by atomic mass is 35.5. The molecule has 0 saturated carbocycles. The Hall–Kier alpha value is 0.910. The summed E-state index contributed by atoms with van der Waals surface area (Å²) in [5, 5.41) is 8.94. The van der Waals surface area contributed by atoms with Crippen LogP contribution in [0.3, 0.4) is 0 Å². The second kappa shape index (κ2) is 5.91. The van der Waals surface area contributed by atoms with E-state index in [1.54, 1.807) is 0 Å². The van der Waals surface area contributed by atoms with E-state index in [-0.39, 0.29) is 0 Å². The molecule has 0 aromatic carbocycles. The Morgan fingerprint density at radius 1 is 1.35 bits per heavy atom. The Labute approximate surface area is 125 Å².